The Kier molecular flexibility index (Phi) is 2.82. The summed E-state index contributed by atoms with van der Waals surface area (Å²) < 4.78 is 42.6. The predicted octanol–water partition coefficient (Wildman–Crippen LogP) is 2.81. The topological polar surface area (TPSA) is 58.9 Å². The molecule has 0 bridgehead atoms. The highest BCUT2D eigenvalue weighted by Gasteiger charge is 2.35. The van der Waals surface area contributed by atoms with Crippen LogP contribution >= 0.6 is 15.9 Å². The maximum absolute atomic E-state index is 12.7. The van der Waals surface area contributed by atoms with E-state index in [1.54, 1.807) is 0 Å². The molecular weight excluding hydrogens is 305 g/mol. The first-order chi connectivity index (χ1) is 7.89. The van der Waals surface area contributed by atoms with Gasteiger partial charge in [-0.25, -0.2) is 4.79 Å². The molecule has 1 aromatic carbocycles. The van der Waals surface area contributed by atoms with Crippen molar-refractivity contribution in [2.75, 3.05) is 0 Å². The second-order valence-corrected chi connectivity index (χ2v) is 3.96. The molecule has 0 unspecified atom stereocenters. The summed E-state index contributed by atoms with van der Waals surface area (Å²) in [5.74, 6) is -1.18. The molecule has 4 nitrogen and oxygen atoms in total. The van der Waals surface area contributed by atoms with Crippen LogP contribution in [0.4, 0.5) is 13.2 Å². The second kappa shape index (κ2) is 4.02. The number of alkyl halides is 3. The minimum atomic E-state index is -4.55. The number of nitrogens with zero attached hydrogens (tertiary/aromatic N) is 1. The number of rotatable bonds is 1. The van der Waals surface area contributed by atoms with Gasteiger partial charge in [-0.1, -0.05) is 27.2 Å². The van der Waals surface area contributed by atoms with Crippen LogP contribution < -0.4 is 5.76 Å². The van der Waals surface area contributed by atoms with Crippen LogP contribution in [0.1, 0.15) is 5.56 Å². The van der Waals surface area contributed by atoms with Gasteiger partial charge in [-0.3, -0.25) is 9.51 Å². The van der Waals surface area contributed by atoms with E-state index in [0.29, 0.717) is 0 Å². The SMILES string of the molecule is O=c1[nH]c(-c2c(Br)cccc2C(F)(F)F)no1. The number of aromatic amines is 1. The van der Waals surface area contributed by atoms with Crippen molar-refractivity contribution in [2.24, 2.45) is 0 Å². The van der Waals surface area contributed by atoms with Crippen molar-refractivity contribution in [1.82, 2.24) is 10.1 Å². The lowest BCUT2D eigenvalue weighted by atomic mass is 10.1. The fourth-order valence-electron chi connectivity index (χ4n) is 1.34. The van der Waals surface area contributed by atoms with Gasteiger partial charge in [0.1, 0.15) is 0 Å². The van der Waals surface area contributed by atoms with Crippen LogP contribution in [-0.4, -0.2) is 10.1 Å². The molecule has 0 saturated heterocycles. The number of aromatic nitrogens is 2. The summed E-state index contributed by atoms with van der Waals surface area (Å²) in [6.07, 6.45) is -4.55. The number of halogens is 4. The molecule has 2 rings (SSSR count). The molecule has 0 aliphatic rings. The number of hydrogen-bond donors (Lipinski definition) is 1. The van der Waals surface area contributed by atoms with E-state index in [0.717, 1.165) is 6.07 Å². The smallest absolute Gasteiger partial charge is 0.296 e. The van der Waals surface area contributed by atoms with Crippen LogP contribution in [0.15, 0.2) is 32.0 Å². The Hall–Kier alpha value is -1.57. The molecule has 1 N–H and O–H groups in total. The van der Waals surface area contributed by atoms with E-state index in [4.69, 9.17) is 0 Å². The Labute approximate surface area is 101 Å². The summed E-state index contributed by atoms with van der Waals surface area (Å²) in [5.41, 5.74) is -1.16. The molecule has 0 aliphatic heterocycles. The average molecular weight is 309 g/mol. The quantitative estimate of drug-likeness (QED) is 0.881. The first-order valence-electron chi connectivity index (χ1n) is 4.31. The third kappa shape index (κ3) is 2.26. The Morgan fingerprint density at radius 3 is 2.59 bits per heavy atom. The van der Waals surface area contributed by atoms with Crippen molar-refractivity contribution in [3.63, 3.8) is 0 Å². The molecule has 0 aliphatic carbocycles. The van der Waals surface area contributed by atoms with Gasteiger partial charge in [0.25, 0.3) is 0 Å². The van der Waals surface area contributed by atoms with Crippen molar-refractivity contribution < 1.29 is 17.7 Å². The molecular formula is C9H4BrF3N2O2. The Morgan fingerprint density at radius 2 is 2.06 bits per heavy atom. The molecule has 0 atom stereocenters. The van der Waals surface area contributed by atoms with Crippen LogP contribution in [0.2, 0.25) is 0 Å². The first kappa shape index (κ1) is 11.9. The molecule has 2 aromatic rings. The van der Waals surface area contributed by atoms with Gasteiger partial charge in [0.15, 0.2) is 5.82 Å². The summed E-state index contributed by atoms with van der Waals surface area (Å²) in [4.78, 5) is 12.8. The van der Waals surface area contributed by atoms with E-state index >= 15 is 0 Å². The second-order valence-electron chi connectivity index (χ2n) is 3.10. The van der Waals surface area contributed by atoms with Gasteiger partial charge < -0.3 is 0 Å². The summed E-state index contributed by atoms with van der Waals surface area (Å²) in [7, 11) is 0. The monoisotopic (exact) mass is 308 g/mol. The molecule has 0 fully saturated rings. The van der Waals surface area contributed by atoms with Gasteiger partial charge in [-0.05, 0) is 12.1 Å². The molecule has 90 valence electrons. The van der Waals surface area contributed by atoms with E-state index in [9.17, 15) is 18.0 Å². The Morgan fingerprint density at radius 1 is 1.35 bits per heavy atom. The molecule has 8 heteroatoms. The minimum absolute atomic E-state index is 0.164. The summed E-state index contributed by atoms with van der Waals surface area (Å²) in [6.45, 7) is 0. The lowest BCUT2D eigenvalue weighted by molar-refractivity contribution is -0.137. The fourth-order valence-corrected chi connectivity index (χ4v) is 1.89. The van der Waals surface area contributed by atoms with Gasteiger partial charge >= 0.3 is 11.9 Å². The fraction of sp³-hybridized carbons (Fsp3) is 0.111. The summed E-state index contributed by atoms with van der Waals surface area (Å²) in [6, 6.07) is 3.55. The van der Waals surface area contributed by atoms with E-state index in [1.807, 2.05) is 0 Å². The molecule has 0 spiro atoms. The molecule has 1 heterocycles. The minimum Gasteiger partial charge on any atom is -0.296 e. The van der Waals surface area contributed by atoms with Crippen LogP contribution in [-0.2, 0) is 6.18 Å². The van der Waals surface area contributed by atoms with Crippen molar-refractivity contribution in [3.8, 4) is 11.4 Å². The van der Waals surface area contributed by atoms with Gasteiger partial charge in [0.2, 0.25) is 0 Å². The zero-order chi connectivity index (χ0) is 12.6. The van der Waals surface area contributed by atoms with Crippen molar-refractivity contribution in [3.05, 3.63) is 38.8 Å². The van der Waals surface area contributed by atoms with Gasteiger partial charge in [0.05, 0.1) is 5.56 Å². The van der Waals surface area contributed by atoms with Crippen molar-refractivity contribution in [2.45, 2.75) is 6.18 Å². The van der Waals surface area contributed by atoms with Gasteiger partial charge in [-0.2, -0.15) is 13.2 Å². The normalized spacial score (nSPS) is 11.8. The van der Waals surface area contributed by atoms with Crippen molar-refractivity contribution >= 4 is 15.9 Å². The number of nitrogens with one attached hydrogen (secondary N) is 1. The molecule has 17 heavy (non-hydrogen) atoms. The van der Waals surface area contributed by atoms with E-state index in [-0.39, 0.29) is 15.9 Å². The lowest BCUT2D eigenvalue weighted by Crippen LogP contribution is -2.08. The maximum Gasteiger partial charge on any atom is 0.439 e. The zero-order valence-corrected chi connectivity index (χ0v) is 9.59. The van der Waals surface area contributed by atoms with Crippen LogP contribution in [0.3, 0.4) is 0 Å². The molecule has 0 amide bonds. The summed E-state index contributed by atoms with van der Waals surface area (Å²) >= 11 is 2.98. The third-order valence-electron chi connectivity index (χ3n) is 2.00. The van der Waals surface area contributed by atoms with Gasteiger partial charge in [0, 0.05) is 10.0 Å². The number of benzene rings is 1. The highest BCUT2D eigenvalue weighted by atomic mass is 79.9. The number of hydrogen-bond acceptors (Lipinski definition) is 3. The van der Waals surface area contributed by atoms with E-state index < -0.39 is 17.5 Å². The molecule has 0 saturated carbocycles. The highest BCUT2D eigenvalue weighted by molar-refractivity contribution is 9.10. The van der Waals surface area contributed by atoms with Crippen LogP contribution in [0.5, 0.6) is 0 Å². The standard InChI is InChI=1S/C9H4BrF3N2O2/c10-5-3-1-2-4(9(11,12)13)6(5)7-14-8(16)17-15-7/h1-3H,(H,14,15,16). The van der Waals surface area contributed by atoms with E-state index in [2.05, 4.69) is 30.6 Å². The van der Waals surface area contributed by atoms with E-state index in [1.165, 1.54) is 12.1 Å². The average Bonchev–Trinajstić information content (AvgIpc) is 2.63. The largest absolute Gasteiger partial charge is 0.439 e. The van der Waals surface area contributed by atoms with Gasteiger partial charge in [-0.15, -0.1) is 0 Å². The zero-order valence-electron chi connectivity index (χ0n) is 8.01. The highest BCUT2D eigenvalue weighted by Crippen LogP contribution is 2.39. The van der Waals surface area contributed by atoms with Crippen LogP contribution in [0, 0.1) is 0 Å². The van der Waals surface area contributed by atoms with Crippen LogP contribution in [0.25, 0.3) is 11.4 Å². The molecule has 0 radical (unpaired) electrons. The lowest BCUT2D eigenvalue weighted by Gasteiger charge is -2.11. The third-order valence-corrected chi connectivity index (χ3v) is 2.66. The summed E-state index contributed by atoms with van der Waals surface area (Å²) in [5, 5.41) is 3.25. The Balaban J connectivity index is 2.72. The Bertz CT molecular complexity index is 603. The first-order valence-corrected chi connectivity index (χ1v) is 5.11. The predicted molar refractivity (Wildman–Crippen MR) is 55.3 cm³/mol. The maximum atomic E-state index is 12.7. The van der Waals surface area contributed by atoms with Crippen molar-refractivity contribution in [1.29, 1.82) is 0 Å². The number of H-pyrrole nitrogens is 1. The molecule has 1 aromatic heterocycles.